The van der Waals surface area contributed by atoms with Crippen molar-refractivity contribution in [3.63, 3.8) is 0 Å². The van der Waals surface area contributed by atoms with E-state index < -0.39 is 0 Å². The molecule has 2 heteroatoms. The Labute approximate surface area is 130 Å². The van der Waals surface area contributed by atoms with Gasteiger partial charge in [-0.3, -0.25) is 0 Å². The van der Waals surface area contributed by atoms with Crippen molar-refractivity contribution in [2.24, 2.45) is 11.8 Å². The Morgan fingerprint density at radius 2 is 1.81 bits per heavy atom. The molecule has 1 saturated carbocycles. The zero-order chi connectivity index (χ0) is 15.7. The monoisotopic (exact) mass is 289 g/mol. The van der Waals surface area contributed by atoms with Crippen molar-refractivity contribution < 1.29 is 4.74 Å². The molecule has 2 nitrogen and oxygen atoms in total. The van der Waals surface area contributed by atoms with Crippen LogP contribution >= 0.6 is 0 Å². The molecule has 0 radical (unpaired) electrons. The lowest BCUT2D eigenvalue weighted by atomic mass is 9.92. The van der Waals surface area contributed by atoms with E-state index in [4.69, 9.17) is 4.74 Å². The molecule has 2 rings (SSSR count). The summed E-state index contributed by atoms with van der Waals surface area (Å²) >= 11 is 0. The van der Waals surface area contributed by atoms with E-state index in [-0.39, 0.29) is 5.54 Å². The zero-order valence-corrected chi connectivity index (χ0v) is 14.5. The first-order valence-corrected chi connectivity index (χ1v) is 8.21. The molecule has 1 aliphatic rings. The van der Waals surface area contributed by atoms with Crippen LogP contribution < -0.4 is 10.1 Å². The second-order valence-corrected chi connectivity index (χ2v) is 8.09. The van der Waals surface area contributed by atoms with E-state index in [1.807, 2.05) is 0 Å². The molecule has 0 aliphatic heterocycles. The molecule has 2 atom stereocenters. The topological polar surface area (TPSA) is 21.3 Å². The summed E-state index contributed by atoms with van der Waals surface area (Å²) in [5.41, 5.74) is 1.95. The first-order chi connectivity index (χ1) is 9.73. The molecular formula is C19H31NO. The fourth-order valence-corrected chi connectivity index (χ4v) is 2.81. The molecule has 1 aromatic rings. The standard InChI is InChI=1S/C19H31NO/c1-14(2)12-21-17-9-7-16(8-10-17)19(11-15(19)3)13-20-18(4,5)6/h7-10,14-15,20H,11-13H2,1-6H3. The van der Waals surface area contributed by atoms with Crippen molar-refractivity contribution >= 4 is 0 Å². The van der Waals surface area contributed by atoms with Gasteiger partial charge in [0.2, 0.25) is 0 Å². The van der Waals surface area contributed by atoms with Crippen LogP contribution in [0.15, 0.2) is 24.3 Å². The van der Waals surface area contributed by atoms with E-state index in [2.05, 4.69) is 71.1 Å². The first kappa shape index (κ1) is 16.4. The third kappa shape index (κ3) is 4.23. The molecule has 0 aromatic heterocycles. The minimum absolute atomic E-state index is 0.176. The Kier molecular flexibility index (Phi) is 4.67. The van der Waals surface area contributed by atoms with Crippen molar-refractivity contribution in [3.05, 3.63) is 29.8 Å². The summed E-state index contributed by atoms with van der Waals surface area (Å²) < 4.78 is 5.78. The summed E-state index contributed by atoms with van der Waals surface area (Å²) in [7, 11) is 0. The number of hydrogen-bond donors (Lipinski definition) is 1. The second-order valence-electron chi connectivity index (χ2n) is 8.09. The molecule has 118 valence electrons. The normalized spacial score (nSPS) is 25.2. The van der Waals surface area contributed by atoms with Gasteiger partial charge in [-0.05, 0) is 56.7 Å². The van der Waals surface area contributed by atoms with E-state index in [0.29, 0.717) is 11.3 Å². The van der Waals surface area contributed by atoms with Crippen LogP contribution in [0.1, 0.15) is 53.5 Å². The first-order valence-electron chi connectivity index (χ1n) is 8.21. The van der Waals surface area contributed by atoms with Gasteiger partial charge in [0.1, 0.15) is 5.75 Å². The SMILES string of the molecule is CC(C)COc1ccc(C2(CNC(C)(C)C)CC2C)cc1. The van der Waals surface area contributed by atoms with Gasteiger partial charge in [-0.2, -0.15) is 0 Å². The maximum absolute atomic E-state index is 5.78. The second kappa shape index (κ2) is 6.00. The smallest absolute Gasteiger partial charge is 0.119 e. The molecule has 1 fully saturated rings. The van der Waals surface area contributed by atoms with Gasteiger partial charge >= 0.3 is 0 Å². The number of rotatable bonds is 6. The number of ether oxygens (including phenoxy) is 1. The molecule has 1 aliphatic carbocycles. The molecule has 0 heterocycles. The third-order valence-electron chi connectivity index (χ3n) is 4.40. The molecule has 0 spiro atoms. The highest BCUT2D eigenvalue weighted by Crippen LogP contribution is 2.53. The summed E-state index contributed by atoms with van der Waals surface area (Å²) in [6.45, 7) is 15.2. The molecule has 1 N–H and O–H groups in total. The number of nitrogens with one attached hydrogen (secondary N) is 1. The number of benzene rings is 1. The summed E-state index contributed by atoms with van der Waals surface area (Å²) in [4.78, 5) is 0. The van der Waals surface area contributed by atoms with Gasteiger partial charge in [-0.25, -0.2) is 0 Å². The summed E-state index contributed by atoms with van der Waals surface area (Å²) in [6.07, 6.45) is 1.28. The minimum atomic E-state index is 0.176. The Bertz CT molecular complexity index is 457. The van der Waals surface area contributed by atoms with Gasteiger partial charge in [0, 0.05) is 17.5 Å². The van der Waals surface area contributed by atoms with Crippen molar-refractivity contribution in [1.29, 1.82) is 0 Å². The van der Waals surface area contributed by atoms with Gasteiger partial charge in [0.05, 0.1) is 6.61 Å². The van der Waals surface area contributed by atoms with Gasteiger partial charge < -0.3 is 10.1 Å². The lowest BCUT2D eigenvalue weighted by molar-refractivity contribution is 0.271. The maximum atomic E-state index is 5.78. The van der Waals surface area contributed by atoms with E-state index in [9.17, 15) is 0 Å². The third-order valence-corrected chi connectivity index (χ3v) is 4.40. The molecule has 1 aromatic carbocycles. The molecule has 0 bridgehead atoms. The minimum Gasteiger partial charge on any atom is -0.493 e. The predicted octanol–water partition coefficient (Wildman–Crippen LogP) is 4.39. The molecule has 21 heavy (non-hydrogen) atoms. The Morgan fingerprint density at radius 1 is 1.24 bits per heavy atom. The van der Waals surface area contributed by atoms with Crippen molar-refractivity contribution in [1.82, 2.24) is 5.32 Å². The Balaban J connectivity index is 2.02. The van der Waals surface area contributed by atoms with Crippen LogP contribution in [-0.4, -0.2) is 18.7 Å². The highest BCUT2D eigenvalue weighted by Gasteiger charge is 2.52. The average molecular weight is 289 g/mol. The quantitative estimate of drug-likeness (QED) is 0.838. The molecule has 0 saturated heterocycles. The highest BCUT2D eigenvalue weighted by atomic mass is 16.5. The summed E-state index contributed by atoms with van der Waals surface area (Å²) in [6, 6.07) is 8.76. The van der Waals surface area contributed by atoms with Crippen LogP contribution in [0.2, 0.25) is 0 Å². The zero-order valence-electron chi connectivity index (χ0n) is 14.5. The van der Waals surface area contributed by atoms with Crippen LogP contribution in [0, 0.1) is 11.8 Å². The van der Waals surface area contributed by atoms with Crippen LogP contribution in [0.5, 0.6) is 5.75 Å². The molecule has 2 unspecified atom stereocenters. The highest BCUT2D eigenvalue weighted by molar-refractivity contribution is 5.38. The summed E-state index contributed by atoms with van der Waals surface area (Å²) in [5, 5.41) is 3.68. The van der Waals surface area contributed by atoms with Crippen molar-refractivity contribution in [3.8, 4) is 5.75 Å². The van der Waals surface area contributed by atoms with E-state index in [1.165, 1.54) is 12.0 Å². The van der Waals surface area contributed by atoms with Crippen molar-refractivity contribution in [2.75, 3.05) is 13.2 Å². The lowest BCUT2D eigenvalue weighted by Crippen LogP contribution is -2.41. The number of hydrogen-bond acceptors (Lipinski definition) is 2. The van der Waals surface area contributed by atoms with Crippen LogP contribution in [0.4, 0.5) is 0 Å². The predicted molar refractivity (Wildman–Crippen MR) is 90.0 cm³/mol. The van der Waals surface area contributed by atoms with E-state index >= 15 is 0 Å². The summed E-state index contributed by atoms with van der Waals surface area (Å²) in [5.74, 6) is 2.31. The lowest BCUT2D eigenvalue weighted by Gasteiger charge is -2.26. The fraction of sp³-hybridized carbons (Fsp3) is 0.684. The van der Waals surface area contributed by atoms with Gasteiger partial charge in [0.15, 0.2) is 0 Å². The largest absolute Gasteiger partial charge is 0.493 e. The Hall–Kier alpha value is -1.02. The van der Waals surface area contributed by atoms with Crippen LogP contribution in [0.25, 0.3) is 0 Å². The van der Waals surface area contributed by atoms with E-state index in [0.717, 1.165) is 24.8 Å². The molecule has 0 amide bonds. The Morgan fingerprint density at radius 3 is 2.24 bits per heavy atom. The van der Waals surface area contributed by atoms with Gasteiger partial charge in [0.25, 0.3) is 0 Å². The van der Waals surface area contributed by atoms with Gasteiger partial charge in [-0.1, -0.05) is 32.9 Å². The molecular weight excluding hydrogens is 258 g/mol. The van der Waals surface area contributed by atoms with Gasteiger partial charge in [-0.15, -0.1) is 0 Å². The van der Waals surface area contributed by atoms with Crippen molar-refractivity contribution in [2.45, 2.75) is 58.9 Å². The fourth-order valence-electron chi connectivity index (χ4n) is 2.81. The van der Waals surface area contributed by atoms with E-state index in [1.54, 1.807) is 0 Å². The maximum Gasteiger partial charge on any atom is 0.119 e. The average Bonchev–Trinajstić information content (AvgIpc) is 3.06. The van der Waals surface area contributed by atoms with Crippen LogP contribution in [-0.2, 0) is 5.41 Å². The van der Waals surface area contributed by atoms with Crippen LogP contribution in [0.3, 0.4) is 0 Å².